The van der Waals surface area contributed by atoms with Crippen LogP contribution in [0.2, 0.25) is 0 Å². The third-order valence-electron chi connectivity index (χ3n) is 1.16. The highest BCUT2D eigenvalue weighted by Crippen LogP contribution is 2.06. The highest BCUT2D eigenvalue weighted by Gasteiger charge is 2.00. The Bertz CT molecular complexity index is 204. The first kappa shape index (κ1) is 11.2. The quantitative estimate of drug-likeness (QED) is 0.663. The van der Waals surface area contributed by atoms with E-state index in [9.17, 15) is 4.79 Å². The van der Waals surface area contributed by atoms with Crippen LogP contribution >= 0.6 is 11.3 Å². The Kier molecular flexibility index (Phi) is 6.38. The molecule has 0 bridgehead atoms. The van der Waals surface area contributed by atoms with Crippen molar-refractivity contribution in [3.63, 3.8) is 0 Å². The summed E-state index contributed by atoms with van der Waals surface area (Å²) in [5, 5.41) is 3.88. The highest BCUT2D eigenvalue weighted by atomic mass is 32.1. The van der Waals surface area contributed by atoms with E-state index in [2.05, 4.69) is 4.74 Å². The Labute approximate surface area is 77.2 Å². The SMILES string of the molecule is CC.COC(=O)Cc1ccsc1. The van der Waals surface area contributed by atoms with Gasteiger partial charge in [0.25, 0.3) is 0 Å². The van der Waals surface area contributed by atoms with E-state index in [0.29, 0.717) is 6.42 Å². The summed E-state index contributed by atoms with van der Waals surface area (Å²) >= 11 is 1.58. The maximum Gasteiger partial charge on any atom is 0.310 e. The molecule has 0 aromatic carbocycles. The standard InChI is InChI=1S/C7H8O2S.C2H6/c1-9-7(8)4-6-2-3-10-5-6;1-2/h2-3,5H,4H2,1H3;1-2H3. The number of carbonyl (C=O) groups is 1. The molecule has 12 heavy (non-hydrogen) atoms. The Hall–Kier alpha value is -0.830. The molecule has 3 heteroatoms. The summed E-state index contributed by atoms with van der Waals surface area (Å²) in [6.45, 7) is 4.00. The van der Waals surface area contributed by atoms with Gasteiger partial charge in [-0.1, -0.05) is 13.8 Å². The van der Waals surface area contributed by atoms with Crippen LogP contribution in [0.4, 0.5) is 0 Å². The van der Waals surface area contributed by atoms with Crippen LogP contribution in [-0.2, 0) is 16.0 Å². The Morgan fingerprint density at radius 3 is 2.67 bits per heavy atom. The molecule has 1 heterocycles. The Morgan fingerprint density at radius 2 is 2.25 bits per heavy atom. The van der Waals surface area contributed by atoms with Crippen LogP contribution < -0.4 is 0 Å². The molecule has 68 valence electrons. The lowest BCUT2D eigenvalue weighted by molar-refractivity contribution is -0.139. The summed E-state index contributed by atoms with van der Waals surface area (Å²) in [7, 11) is 1.40. The van der Waals surface area contributed by atoms with Crippen LogP contribution in [0, 0.1) is 0 Å². The number of thiophene rings is 1. The van der Waals surface area contributed by atoms with E-state index in [-0.39, 0.29) is 5.97 Å². The molecular formula is C9H14O2S. The van der Waals surface area contributed by atoms with Gasteiger partial charge in [-0.15, -0.1) is 0 Å². The first-order valence-corrected chi connectivity index (χ1v) is 4.85. The third kappa shape index (κ3) is 4.13. The molecule has 0 spiro atoms. The minimum atomic E-state index is -0.182. The third-order valence-corrected chi connectivity index (χ3v) is 1.89. The summed E-state index contributed by atoms with van der Waals surface area (Å²) < 4.78 is 4.49. The van der Waals surface area contributed by atoms with Crippen LogP contribution in [0.3, 0.4) is 0 Å². The molecule has 0 aliphatic heterocycles. The normalized spacial score (nSPS) is 8.25. The molecule has 0 saturated carbocycles. The fraction of sp³-hybridized carbons (Fsp3) is 0.444. The lowest BCUT2D eigenvalue weighted by atomic mass is 10.2. The van der Waals surface area contributed by atoms with Gasteiger partial charge in [-0.3, -0.25) is 4.79 Å². The van der Waals surface area contributed by atoms with E-state index >= 15 is 0 Å². The molecule has 0 aliphatic rings. The summed E-state index contributed by atoms with van der Waals surface area (Å²) in [6, 6.07) is 1.92. The van der Waals surface area contributed by atoms with E-state index in [1.807, 2.05) is 30.7 Å². The minimum absolute atomic E-state index is 0.182. The Morgan fingerprint density at radius 1 is 1.58 bits per heavy atom. The number of hydrogen-bond donors (Lipinski definition) is 0. The van der Waals surface area contributed by atoms with Gasteiger partial charge < -0.3 is 4.74 Å². The Balaban J connectivity index is 0.000000561. The molecule has 1 aromatic heterocycles. The second kappa shape index (κ2) is 6.85. The molecule has 0 saturated heterocycles. The van der Waals surface area contributed by atoms with Gasteiger partial charge in [0.2, 0.25) is 0 Å². The van der Waals surface area contributed by atoms with Crippen LogP contribution in [0.25, 0.3) is 0 Å². The first-order chi connectivity index (χ1) is 5.83. The molecule has 0 aliphatic carbocycles. The van der Waals surface area contributed by atoms with Crippen molar-refractivity contribution in [3.05, 3.63) is 22.4 Å². The van der Waals surface area contributed by atoms with Gasteiger partial charge in [0, 0.05) is 0 Å². The van der Waals surface area contributed by atoms with E-state index in [4.69, 9.17) is 0 Å². The van der Waals surface area contributed by atoms with Gasteiger partial charge >= 0.3 is 5.97 Å². The number of carbonyl (C=O) groups excluding carboxylic acids is 1. The minimum Gasteiger partial charge on any atom is -0.469 e. The zero-order valence-electron chi connectivity index (χ0n) is 7.66. The molecule has 0 unspecified atom stereocenters. The average molecular weight is 186 g/mol. The van der Waals surface area contributed by atoms with E-state index in [1.54, 1.807) is 11.3 Å². The van der Waals surface area contributed by atoms with Crippen LogP contribution in [0.1, 0.15) is 19.4 Å². The zero-order chi connectivity index (χ0) is 9.40. The largest absolute Gasteiger partial charge is 0.469 e. The van der Waals surface area contributed by atoms with E-state index in [0.717, 1.165) is 5.56 Å². The molecule has 0 N–H and O–H groups in total. The van der Waals surface area contributed by atoms with Gasteiger partial charge in [-0.25, -0.2) is 0 Å². The molecule has 0 atom stereocenters. The molecule has 0 radical (unpaired) electrons. The molecule has 0 fully saturated rings. The fourth-order valence-corrected chi connectivity index (χ4v) is 1.30. The molecule has 1 rings (SSSR count). The van der Waals surface area contributed by atoms with E-state index < -0.39 is 0 Å². The lowest BCUT2D eigenvalue weighted by Crippen LogP contribution is -2.02. The van der Waals surface area contributed by atoms with Crippen molar-refractivity contribution in [2.75, 3.05) is 7.11 Å². The van der Waals surface area contributed by atoms with Crippen LogP contribution in [-0.4, -0.2) is 13.1 Å². The highest BCUT2D eigenvalue weighted by molar-refractivity contribution is 7.07. The predicted octanol–water partition coefficient (Wildman–Crippen LogP) is 2.49. The first-order valence-electron chi connectivity index (χ1n) is 3.91. The maximum atomic E-state index is 10.7. The number of esters is 1. The van der Waals surface area contributed by atoms with Gasteiger partial charge in [0.1, 0.15) is 0 Å². The lowest BCUT2D eigenvalue weighted by Gasteiger charge is -1.93. The number of ether oxygens (including phenoxy) is 1. The number of rotatable bonds is 2. The molecule has 2 nitrogen and oxygen atoms in total. The summed E-state index contributed by atoms with van der Waals surface area (Å²) in [6.07, 6.45) is 0.389. The monoisotopic (exact) mass is 186 g/mol. The van der Waals surface area contributed by atoms with Crippen LogP contribution in [0.15, 0.2) is 16.8 Å². The van der Waals surface area contributed by atoms with Crippen molar-refractivity contribution in [2.24, 2.45) is 0 Å². The topological polar surface area (TPSA) is 26.3 Å². The number of hydrogen-bond acceptors (Lipinski definition) is 3. The summed E-state index contributed by atoms with van der Waals surface area (Å²) in [4.78, 5) is 10.7. The summed E-state index contributed by atoms with van der Waals surface area (Å²) in [5.41, 5.74) is 1.02. The van der Waals surface area contributed by atoms with Crippen molar-refractivity contribution in [1.82, 2.24) is 0 Å². The smallest absolute Gasteiger partial charge is 0.310 e. The van der Waals surface area contributed by atoms with Gasteiger partial charge in [0.05, 0.1) is 13.5 Å². The van der Waals surface area contributed by atoms with Crippen LogP contribution in [0.5, 0.6) is 0 Å². The van der Waals surface area contributed by atoms with Crippen molar-refractivity contribution in [1.29, 1.82) is 0 Å². The van der Waals surface area contributed by atoms with E-state index in [1.165, 1.54) is 7.11 Å². The van der Waals surface area contributed by atoms with Gasteiger partial charge in [0.15, 0.2) is 0 Å². The fourth-order valence-electron chi connectivity index (χ4n) is 0.632. The maximum absolute atomic E-state index is 10.7. The summed E-state index contributed by atoms with van der Waals surface area (Å²) in [5.74, 6) is -0.182. The van der Waals surface area contributed by atoms with Crippen molar-refractivity contribution < 1.29 is 9.53 Å². The van der Waals surface area contributed by atoms with Crippen molar-refractivity contribution in [2.45, 2.75) is 20.3 Å². The zero-order valence-corrected chi connectivity index (χ0v) is 8.48. The van der Waals surface area contributed by atoms with Crippen molar-refractivity contribution in [3.8, 4) is 0 Å². The van der Waals surface area contributed by atoms with Gasteiger partial charge in [-0.05, 0) is 22.4 Å². The predicted molar refractivity (Wildman–Crippen MR) is 51.4 cm³/mol. The number of methoxy groups -OCH3 is 1. The molecule has 1 aromatic rings. The molecule has 0 amide bonds. The second-order valence-electron chi connectivity index (χ2n) is 1.88. The second-order valence-corrected chi connectivity index (χ2v) is 2.66. The van der Waals surface area contributed by atoms with Crippen molar-refractivity contribution >= 4 is 17.3 Å². The van der Waals surface area contributed by atoms with Gasteiger partial charge in [-0.2, -0.15) is 11.3 Å². The average Bonchev–Trinajstić information content (AvgIpc) is 2.60. The molecular weight excluding hydrogens is 172 g/mol.